The van der Waals surface area contributed by atoms with E-state index in [0.717, 1.165) is 16.7 Å². The van der Waals surface area contributed by atoms with Crippen molar-refractivity contribution >= 4 is 17.4 Å². The number of carbonyl (C=O) groups is 1. The Morgan fingerprint density at radius 2 is 2.20 bits per heavy atom. The van der Waals surface area contributed by atoms with Crippen LogP contribution in [0.5, 0.6) is 0 Å². The summed E-state index contributed by atoms with van der Waals surface area (Å²) in [5.74, 6) is 0. The van der Waals surface area contributed by atoms with Crippen LogP contribution in [0.15, 0.2) is 24.8 Å². The molecule has 0 heterocycles. The first kappa shape index (κ1) is 11.3. The van der Waals surface area contributed by atoms with Crippen LogP contribution in [0.2, 0.25) is 0 Å². The van der Waals surface area contributed by atoms with Crippen LogP contribution < -0.4 is 11.1 Å². The first-order chi connectivity index (χ1) is 7.02. The predicted octanol–water partition coefficient (Wildman–Crippen LogP) is 2.27. The van der Waals surface area contributed by atoms with Gasteiger partial charge in [-0.2, -0.15) is 0 Å². The first-order valence-electron chi connectivity index (χ1n) is 4.53. The van der Waals surface area contributed by atoms with E-state index < -0.39 is 6.09 Å². The lowest BCUT2D eigenvalue weighted by Gasteiger charge is -2.08. The van der Waals surface area contributed by atoms with Crippen LogP contribution in [0.1, 0.15) is 18.1 Å². The monoisotopic (exact) mass is 206 g/mol. The van der Waals surface area contributed by atoms with Crippen LogP contribution in [0, 0.1) is 0 Å². The Labute approximate surface area is 88.4 Å². The molecule has 1 aromatic rings. The lowest BCUT2D eigenvalue weighted by Crippen LogP contribution is -2.08. The summed E-state index contributed by atoms with van der Waals surface area (Å²) >= 11 is 0. The van der Waals surface area contributed by atoms with Crippen LogP contribution in [-0.2, 0) is 6.54 Å². The zero-order chi connectivity index (χ0) is 11.4. The Kier molecular flexibility index (Phi) is 3.46. The largest absolute Gasteiger partial charge is 0.465 e. The zero-order valence-electron chi connectivity index (χ0n) is 8.58. The first-order valence-corrected chi connectivity index (χ1v) is 4.53. The molecule has 0 aliphatic carbocycles. The number of nitrogens with two attached hydrogens (primary N) is 1. The normalized spacial score (nSPS) is 9.73. The third kappa shape index (κ3) is 3.11. The second-order valence-corrected chi connectivity index (χ2v) is 3.33. The molecule has 0 saturated carbocycles. The van der Waals surface area contributed by atoms with Crippen molar-refractivity contribution in [3.05, 3.63) is 35.9 Å². The van der Waals surface area contributed by atoms with E-state index in [4.69, 9.17) is 10.8 Å². The van der Waals surface area contributed by atoms with Gasteiger partial charge in [0.1, 0.15) is 0 Å². The standard InChI is InChI=1S/C11H14N2O2/c1-7(2)9-3-8(6-12)4-10(5-9)13-11(14)15/h3-5,13H,1,6,12H2,2H3,(H,14,15). The third-order valence-electron chi connectivity index (χ3n) is 1.97. The lowest BCUT2D eigenvalue weighted by molar-refractivity contribution is 0.210. The van der Waals surface area contributed by atoms with Crippen LogP contribution in [0.3, 0.4) is 0 Å². The number of anilines is 1. The number of nitrogens with one attached hydrogen (secondary N) is 1. The maximum atomic E-state index is 10.5. The van der Waals surface area contributed by atoms with Gasteiger partial charge in [0, 0.05) is 12.2 Å². The van der Waals surface area contributed by atoms with E-state index in [-0.39, 0.29) is 0 Å². The summed E-state index contributed by atoms with van der Waals surface area (Å²) in [6.45, 7) is 6.04. The number of benzene rings is 1. The minimum atomic E-state index is -1.09. The van der Waals surface area contributed by atoms with E-state index in [1.807, 2.05) is 13.0 Å². The molecule has 1 amide bonds. The van der Waals surface area contributed by atoms with Gasteiger partial charge in [0.05, 0.1) is 0 Å². The van der Waals surface area contributed by atoms with Crippen molar-refractivity contribution in [2.45, 2.75) is 13.5 Å². The van der Waals surface area contributed by atoms with Gasteiger partial charge in [-0.25, -0.2) is 4.79 Å². The summed E-state index contributed by atoms with van der Waals surface area (Å²) in [6, 6.07) is 5.34. The van der Waals surface area contributed by atoms with E-state index in [0.29, 0.717) is 12.2 Å². The van der Waals surface area contributed by atoms with Crippen LogP contribution in [-0.4, -0.2) is 11.2 Å². The molecule has 0 atom stereocenters. The van der Waals surface area contributed by atoms with Gasteiger partial charge in [-0.1, -0.05) is 18.2 Å². The molecule has 4 heteroatoms. The summed E-state index contributed by atoms with van der Waals surface area (Å²) in [5, 5.41) is 10.9. The number of allylic oxidation sites excluding steroid dienone is 1. The average molecular weight is 206 g/mol. The highest BCUT2D eigenvalue weighted by Gasteiger charge is 2.03. The molecule has 80 valence electrons. The highest BCUT2D eigenvalue weighted by molar-refractivity contribution is 5.84. The zero-order valence-corrected chi connectivity index (χ0v) is 8.58. The number of hydrogen-bond donors (Lipinski definition) is 3. The van der Waals surface area contributed by atoms with Crippen molar-refractivity contribution in [2.75, 3.05) is 5.32 Å². The molecule has 4 N–H and O–H groups in total. The van der Waals surface area contributed by atoms with E-state index in [9.17, 15) is 4.79 Å². The fourth-order valence-electron chi connectivity index (χ4n) is 1.25. The Morgan fingerprint density at radius 1 is 1.53 bits per heavy atom. The molecule has 0 aliphatic heterocycles. The molecular weight excluding hydrogens is 192 g/mol. The van der Waals surface area contributed by atoms with E-state index in [1.165, 1.54) is 0 Å². The van der Waals surface area contributed by atoms with E-state index in [2.05, 4.69) is 11.9 Å². The van der Waals surface area contributed by atoms with Gasteiger partial charge in [0.2, 0.25) is 0 Å². The predicted molar refractivity (Wildman–Crippen MR) is 60.7 cm³/mol. The van der Waals surface area contributed by atoms with Crippen molar-refractivity contribution in [2.24, 2.45) is 5.73 Å². The molecule has 0 saturated heterocycles. The smallest absolute Gasteiger partial charge is 0.409 e. The number of rotatable bonds is 3. The van der Waals surface area contributed by atoms with Crippen LogP contribution >= 0.6 is 0 Å². The van der Waals surface area contributed by atoms with Crippen molar-refractivity contribution in [1.82, 2.24) is 0 Å². The second kappa shape index (κ2) is 4.61. The van der Waals surface area contributed by atoms with Crippen molar-refractivity contribution < 1.29 is 9.90 Å². The summed E-state index contributed by atoms with van der Waals surface area (Å²) in [7, 11) is 0. The fraction of sp³-hybridized carbons (Fsp3) is 0.182. The molecule has 1 aromatic carbocycles. The molecule has 0 unspecified atom stereocenters. The quantitative estimate of drug-likeness (QED) is 0.710. The lowest BCUT2D eigenvalue weighted by atomic mass is 10.0. The number of hydrogen-bond acceptors (Lipinski definition) is 2. The Hall–Kier alpha value is -1.81. The van der Waals surface area contributed by atoms with Crippen molar-refractivity contribution in [3.8, 4) is 0 Å². The fourth-order valence-corrected chi connectivity index (χ4v) is 1.25. The Bertz CT molecular complexity index is 400. The molecule has 0 spiro atoms. The van der Waals surface area contributed by atoms with Gasteiger partial charge >= 0.3 is 6.09 Å². The minimum absolute atomic E-state index is 0.370. The van der Waals surface area contributed by atoms with Gasteiger partial charge in [-0.05, 0) is 30.2 Å². The summed E-state index contributed by atoms with van der Waals surface area (Å²) in [5.41, 5.74) is 8.67. The summed E-state index contributed by atoms with van der Waals surface area (Å²) < 4.78 is 0. The minimum Gasteiger partial charge on any atom is -0.465 e. The number of amides is 1. The molecule has 15 heavy (non-hydrogen) atoms. The Morgan fingerprint density at radius 3 is 2.67 bits per heavy atom. The van der Waals surface area contributed by atoms with Crippen molar-refractivity contribution in [3.63, 3.8) is 0 Å². The van der Waals surface area contributed by atoms with Gasteiger partial charge in [-0.15, -0.1) is 0 Å². The third-order valence-corrected chi connectivity index (χ3v) is 1.97. The number of carboxylic acid groups (broad SMARTS) is 1. The van der Waals surface area contributed by atoms with E-state index >= 15 is 0 Å². The maximum absolute atomic E-state index is 10.5. The molecule has 4 nitrogen and oxygen atoms in total. The topological polar surface area (TPSA) is 75.3 Å². The van der Waals surface area contributed by atoms with Gasteiger partial charge in [-0.3, -0.25) is 5.32 Å². The highest BCUT2D eigenvalue weighted by atomic mass is 16.4. The van der Waals surface area contributed by atoms with Crippen LogP contribution in [0.25, 0.3) is 5.57 Å². The molecule has 0 radical (unpaired) electrons. The molecule has 0 aliphatic rings. The molecular formula is C11H14N2O2. The van der Waals surface area contributed by atoms with E-state index in [1.54, 1.807) is 12.1 Å². The SMILES string of the molecule is C=C(C)c1cc(CN)cc(NC(=O)O)c1. The van der Waals surface area contributed by atoms with Gasteiger partial charge in [0.25, 0.3) is 0 Å². The van der Waals surface area contributed by atoms with Crippen molar-refractivity contribution in [1.29, 1.82) is 0 Å². The van der Waals surface area contributed by atoms with Crippen LogP contribution in [0.4, 0.5) is 10.5 Å². The Balaban J connectivity index is 3.11. The van der Waals surface area contributed by atoms with Gasteiger partial charge in [0.15, 0.2) is 0 Å². The molecule has 0 fully saturated rings. The maximum Gasteiger partial charge on any atom is 0.409 e. The molecule has 1 rings (SSSR count). The molecule has 0 aromatic heterocycles. The average Bonchev–Trinajstić information content (AvgIpc) is 2.16. The van der Waals surface area contributed by atoms with Gasteiger partial charge < -0.3 is 10.8 Å². The second-order valence-electron chi connectivity index (χ2n) is 3.33. The summed E-state index contributed by atoms with van der Waals surface area (Å²) in [6.07, 6.45) is -1.09. The molecule has 0 bridgehead atoms. The summed E-state index contributed by atoms with van der Waals surface area (Å²) in [4.78, 5) is 10.5. The highest BCUT2D eigenvalue weighted by Crippen LogP contribution is 2.19.